The van der Waals surface area contributed by atoms with Crippen LogP contribution in [-0.4, -0.2) is 58.1 Å². The second kappa shape index (κ2) is 7.12. The van der Waals surface area contributed by atoms with Crippen molar-refractivity contribution >= 4 is 23.0 Å². The summed E-state index contributed by atoms with van der Waals surface area (Å²) >= 11 is 0. The van der Waals surface area contributed by atoms with Gasteiger partial charge in [0.25, 0.3) is 0 Å². The van der Waals surface area contributed by atoms with Gasteiger partial charge in [-0.3, -0.25) is 0 Å². The maximum Gasteiger partial charge on any atom is 0.413 e. The van der Waals surface area contributed by atoms with Gasteiger partial charge in [-0.2, -0.15) is 0 Å². The fourth-order valence-corrected chi connectivity index (χ4v) is 0.959. The highest BCUT2D eigenvalue weighted by Gasteiger charge is 2.08. The molecular weight excluding hydrogens is 188 g/mol. The third kappa shape index (κ3) is 6.81. The average Bonchev–Trinajstić information content (AvgIpc) is 2.10. The van der Waals surface area contributed by atoms with E-state index in [2.05, 4.69) is 5.00 Å². The van der Waals surface area contributed by atoms with E-state index in [1.165, 1.54) is 0 Å². The van der Waals surface area contributed by atoms with E-state index in [1.54, 1.807) is 19.9 Å². The highest BCUT2D eigenvalue weighted by atomic mass is 31.1. The van der Waals surface area contributed by atoms with Crippen LogP contribution in [0.5, 0.6) is 0 Å². The molecular formula is C6H17BN3O2P. The largest absolute Gasteiger partial charge is 0.416 e. The molecule has 1 unspecified atom stereocenters. The molecule has 7 heteroatoms. The molecule has 0 aliphatic heterocycles. The van der Waals surface area contributed by atoms with E-state index in [1.807, 2.05) is 19.0 Å². The van der Waals surface area contributed by atoms with Crippen LogP contribution in [0.15, 0.2) is 0 Å². The Balaban J connectivity index is 3.57. The molecule has 0 aliphatic carbocycles. The second-order valence-corrected chi connectivity index (χ2v) is 3.85. The lowest BCUT2D eigenvalue weighted by atomic mass is 10.5. The summed E-state index contributed by atoms with van der Waals surface area (Å²) < 4.78 is 4.87. The van der Waals surface area contributed by atoms with Crippen LogP contribution in [0.4, 0.5) is 4.79 Å². The number of hydrogen-bond donors (Lipinski definition) is 1. The predicted molar refractivity (Wildman–Crippen MR) is 57.7 cm³/mol. The summed E-state index contributed by atoms with van der Waals surface area (Å²) in [6.45, 7) is 1.52. The summed E-state index contributed by atoms with van der Waals surface area (Å²) in [7, 11) is 7.44. The fraction of sp³-hybridized carbons (Fsp3) is 0.833. The molecule has 5 nitrogen and oxygen atoms in total. The van der Waals surface area contributed by atoms with Gasteiger partial charge in [-0.15, -0.1) is 0 Å². The van der Waals surface area contributed by atoms with Gasteiger partial charge in [-0.1, -0.05) is 0 Å². The van der Waals surface area contributed by atoms with Crippen LogP contribution in [0.1, 0.15) is 0 Å². The Kier molecular flexibility index (Phi) is 6.95. The monoisotopic (exact) mass is 205 g/mol. The van der Waals surface area contributed by atoms with Gasteiger partial charge in [0.2, 0.25) is 0 Å². The van der Waals surface area contributed by atoms with E-state index in [0.717, 1.165) is 6.54 Å². The number of rotatable bonds is 5. The van der Waals surface area contributed by atoms with Crippen molar-refractivity contribution in [2.75, 3.05) is 34.2 Å². The molecule has 0 bridgehead atoms. The van der Waals surface area contributed by atoms with Gasteiger partial charge in [-0.05, 0) is 14.1 Å². The molecule has 1 atom stereocenters. The van der Waals surface area contributed by atoms with Gasteiger partial charge in [0.1, 0.15) is 8.96 Å². The molecule has 0 aromatic heterocycles. The molecule has 76 valence electrons. The third-order valence-corrected chi connectivity index (χ3v) is 1.92. The summed E-state index contributed by atoms with van der Waals surface area (Å²) in [5, 5.41) is 0. The van der Waals surface area contributed by atoms with Crippen molar-refractivity contribution in [2.45, 2.75) is 0 Å². The van der Waals surface area contributed by atoms with Crippen LogP contribution in [0.2, 0.25) is 0 Å². The Morgan fingerprint density at radius 2 is 2.08 bits per heavy atom. The zero-order valence-electron chi connectivity index (χ0n) is 8.63. The van der Waals surface area contributed by atoms with Gasteiger partial charge >= 0.3 is 6.09 Å². The van der Waals surface area contributed by atoms with E-state index in [0.29, 0.717) is 6.54 Å². The highest BCUT2D eigenvalue weighted by molar-refractivity contribution is 7.32. The van der Waals surface area contributed by atoms with Gasteiger partial charge in [0.05, 0.1) is 0 Å². The van der Waals surface area contributed by atoms with Crippen LogP contribution in [0, 0.1) is 0 Å². The van der Waals surface area contributed by atoms with Crippen molar-refractivity contribution in [1.82, 2.24) is 14.8 Å². The minimum absolute atomic E-state index is 0.0321. The summed E-state index contributed by atoms with van der Waals surface area (Å²) in [6, 6.07) is 0. The van der Waals surface area contributed by atoms with E-state index < -0.39 is 0 Å². The number of hydrogen-bond acceptors (Lipinski definition) is 4. The molecule has 0 aromatic rings. The first-order valence-corrected chi connectivity index (χ1v) is 4.97. The van der Waals surface area contributed by atoms with Gasteiger partial charge in [-0.25, -0.2) is 4.79 Å². The van der Waals surface area contributed by atoms with Gasteiger partial charge in [0, 0.05) is 20.1 Å². The first-order chi connectivity index (χ1) is 6.07. The molecule has 0 saturated carbocycles. The van der Waals surface area contributed by atoms with Crippen molar-refractivity contribution in [3.8, 4) is 0 Å². The zero-order valence-corrected chi connectivity index (χ0v) is 9.63. The normalized spacial score (nSPS) is 11.1. The molecule has 0 radical (unpaired) electrons. The Hall–Kier alpha value is -0.315. The number of nitrogens with one attached hydrogen (secondary N) is 1. The molecule has 0 fully saturated rings. The molecule has 0 aliphatic rings. The Bertz CT molecular complexity index is 159. The van der Waals surface area contributed by atoms with Crippen molar-refractivity contribution in [3.63, 3.8) is 0 Å². The van der Waals surface area contributed by atoms with E-state index in [4.69, 9.17) is 4.52 Å². The quantitative estimate of drug-likeness (QED) is 0.474. The lowest BCUT2D eigenvalue weighted by molar-refractivity contribution is 0.165. The zero-order chi connectivity index (χ0) is 10.3. The highest BCUT2D eigenvalue weighted by Crippen LogP contribution is 2.05. The average molecular weight is 205 g/mol. The smallest absolute Gasteiger partial charge is 0.413 e. The van der Waals surface area contributed by atoms with Gasteiger partial charge in [0.15, 0.2) is 7.98 Å². The maximum absolute atomic E-state index is 11.2. The number of carbonyl (C=O) groups excluding carboxylic acids is 1. The lowest BCUT2D eigenvalue weighted by Gasteiger charge is -2.18. The second-order valence-electron chi connectivity index (χ2n) is 2.94. The Labute approximate surface area is 82.1 Å². The van der Waals surface area contributed by atoms with Crippen LogP contribution in [0.25, 0.3) is 0 Å². The minimum Gasteiger partial charge on any atom is -0.416 e. The molecule has 1 amide bonds. The van der Waals surface area contributed by atoms with Crippen molar-refractivity contribution < 1.29 is 9.32 Å². The number of nitrogens with zero attached hydrogens (tertiary/aromatic N) is 2. The molecule has 0 saturated heterocycles. The summed E-state index contributed by atoms with van der Waals surface area (Å²) in [5.74, 6) is 0. The van der Waals surface area contributed by atoms with Crippen LogP contribution in [0.3, 0.4) is 0 Å². The maximum atomic E-state index is 11.2. The SMILES string of the molecule is BNPOC(=O)N(C)CCN(C)C. The summed E-state index contributed by atoms with van der Waals surface area (Å²) in [4.78, 5) is 17.5. The molecule has 13 heavy (non-hydrogen) atoms. The molecule has 0 heterocycles. The van der Waals surface area contributed by atoms with Crippen LogP contribution >= 0.6 is 8.96 Å². The van der Waals surface area contributed by atoms with E-state index >= 15 is 0 Å². The van der Waals surface area contributed by atoms with Crippen LogP contribution in [-0.2, 0) is 4.52 Å². The standard InChI is InChI=1S/C6H17BN3O2P/c1-9(2)4-5-10(3)6(11)12-13-8-7/h8,13H,4-5,7H2,1-3H3. The number of likely N-dealkylation sites (N-methyl/N-ethyl adjacent to an activating group) is 2. The number of carbonyl (C=O) groups is 1. The lowest BCUT2D eigenvalue weighted by Crippen LogP contribution is -2.33. The fourth-order valence-electron chi connectivity index (χ4n) is 0.614. The van der Waals surface area contributed by atoms with Gasteiger partial charge < -0.3 is 19.3 Å². The van der Waals surface area contributed by atoms with E-state index in [-0.39, 0.29) is 15.1 Å². The third-order valence-electron chi connectivity index (χ3n) is 1.43. The minimum atomic E-state index is -0.283. The van der Waals surface area contributed by atoms with Crippen LogP contribution < -0.4 is 5.00 Å². The van der Waals surface area contributed by atoms with Crippen molar-refractivity contribution in [1.29, 1.82) is 0 Å². The molecule has 0 rings (SSSR count). The first kappa shape index (κ1) is 12.7. The van der Waals surface area contributed by atoms with E-state index in [9.17, 15) is 4.79 Å². The Morgan fingerprint density at radius 1 is 1.46 bits per heavy atom. The molecule has 0 aromatic carbocycles. The summed E-state index contributed by atoms with van der Waals surface area (Å²) in [6.07, 6.45) is -0.283. The topological polar surface area (TPSA) is 44.8 Å². The van der Waals surface area contributed by atoms with Crippen molar-refractivity contribution in [3.05, 3.63) is 0 Å². The molecule has 0 spiro atoms. The Morgan fingerprint density at radius 3 is 2.54 bits per heavy atom. The first-order valence-electron chi connectivity index (χ1n) is 4.06. The predicted octanol–water partition coefficient (Wildman–Crippen LogP) is -0.737. The number of amides is 1. The van der Waals surface area contributed by atoms with Crippen molar-refractivity contribution in [2.24, 2.45) is 0 Å². The summed E-state index contributed by atoms with van der Waals surface area (Å²) in [5.41, 5.74) is 0. The molecule has 1 N–H and O–H groups in total.